The monoisotopic (exact) mass is 297 g/mol. The largest absolute Gasteiger partial charge is 0.378 e. The Morgan fingerprint density at radius 2 is 1.90 bits per heavy atom. The Morgan fingerprint density at radius 1 is 1.14 bits per heavy atom. The van der Waals surface area contributed by atoms with E-state index in [0.29, 0.717) is 12.0 Å². The summed E-state index contributed by atoms with van der Waals surface area (Å²) in [5.41, 5.74) is 4.11. The Kier molecular flexibility index (Phi) is 4.54. The highest BCUT2D eigenvalue weighted by Crippen LogP contribution is 2.37. The van der Waals surface area contributed by atoms with E-state index < -0.39 is 0 Å². The maximum absolute atomic E-state index is 3.71. The van der Waals surface area contributed by atoms with Crippen molar-refractivity contribution < 1.29 is 0 Å². The molecule has 0 spiro atoms. The number of thioether (sulfide) groups is 1. The Balaban J connectivity index is 1.76. The zero-order chi connectivity index (χ0) is 14.7. The van der Waals surface area contributed by atoms with Crippen molar-refractivity contribution in [1.82, 2.24) is 0 Å². The lowest BCUT2D eigenvalue weighted by atomic mass is 9.98. The lowest BCUT2D eigenvalue weighted by Gasteiger charge is -2.27. The van der Waals surface area contributed by atoms with Crippen LogP contribution in [0.4, 0.5) is 5.69 Å². The fraction of sp³-hybridized carbons (Fsp3) is 0.368. The molecule has 0 fully saturated rings. The summed E-state index contributed by atoms with van der Waals surface area (Å²) in [6.45, 7) is 4.53. The quantitative estimate of drug-likeness (QED) is 0.759. The number of nitrogens with one attached hydrogen (secondary N) is 1. The molecule has 1 aliphatic heterocycles. The van der Waals surface area contributed by atoms with Crippen LogP contribution in [-0.2, 0) is 0 Å². The molecule has 1 aliphatic rings. The molecule has 0 bridgehead atoms. The molecular weight excluding hydrogens is 274 g/mol. The van der Waals surface area contributed by atoms with Crippen LogP contribution >= 0.6 is 11.8 Å². The van der Waals surface area contributed by atoms with Crippen LogP contribution in [0.3, 0.4) is 0 Å². The number of benzene rings is 2. The first-order chi connectivity index (χ1) is 10.3. The van der Waals surface area contributed by atoms with Crippen molar-refractivity contribution in [2.24, 2.45) is 0 Å². The maximum atomic E-state index is 3.71. The lowest BCUT2D eigenvalue weighted by Crippen LogP contribution is -2.15. The van der Waals surface area contributed by atoms with Crippen LogP contribution in [0.25, 0.3) is 0 Å². The summed E-state index contributed by atoms with van der Waals surface area (Å²) >= 11 is 1.97. The predicted molar refractivity (Wildman–Crippen MR) is 93.3 cm³/mol. The Labute approximate surface area is 132 Å². The fourth-order valence-corrected chi connectivity index (χ4v) is 3.96. The van der Waals surface area contributed by atoms with Gasteiger partial charge in [-0.15, -0.1) is 11.8 Å². The third kappa shape index (κ3) is 3.26. The van der Waals surface area contributed by atoms with E-state index in [9.17, 15) is 0 Å². The van der Waals surface area contributed by atoms with E-state index in [1.807, 2.05) is 11.8 Å². The van der Waals surface area contributed by atoms with Gasteiger partial charge in [0.25, 0.3) is 0 Å². The predicted octanol–water partition coefficient (Wildman–Crippen LogP) is 5.85. The van der Waals surface area contributed by atoms with Crippen LogP contribution in [0.15, 0.2) is 53.4 Å². The number of hydrogen-bond acceptors (Lipinski definition) is 2. The molecular formula is C19H23NS. The first-order valence-electron chi connectivity index (χ1n) is 7.86. The third-order valence-electron chi connectivity index (χ3n) is 4.39. The number of hydrogen-bond donors (Lipinski definition) is 1. The minimum absolute atomic E-state index is 0.442. The molecule has 1 nitrogen and oxygen atoms in total. The molecule has 1 N–H and O–H groups in total. The van der Waals surface area contributed by atoms with Crippen LogP contribution in [0.1, 0.15) is 49.8 Å². The summed E-state index contributed by atoms with van der Waals surface area (Å²) < 4.78 is 0. The summed E-state index contributed by atoms with van der Waals surface area (Å²) in [5, 5.41) is 3.71. The average molecular weight is 297 g/mol. The zero-order valence-corrected chi connectivity index (χ0v) is 13.6. The van der Waals surface area contributed by atoms with E-state index in [0.717, 1.165) is 0 Å². The van der Waals surface area contributed by atoms with Gasteiger partial charge in [-0.2, -0.15) is 0 Å². The van der Waals surface area contributed by atoms with Gasteiger partial charge in [0.1, 0.15) is 0 Å². The molecule has 21 heavy (non-hydrogen) atoms. The number of rotatable bonds is 4. The van der Waals surface area contributed by atoms with Crippen LogP contribution in [0.2, 0.25) is 0 Å². The van der Waals surface area contributed by atoms with Gasteiger partial charge in [-0.1, -0.05) is 44.2 Å². The highest BCUT2D eigenvalue weighted by molar-refractivity contribution is 7.99. The van der Waals surface area contributed by atoms with E-state index in [2.05, 4.69) is 67.7 Å². The topological polar surface area (TPSA) is 12.0 Å². The van der Waals surface area contributed by atoms with Gasteiger partial charge in [-0.05, 0) is 48.1 Å². The van der Waals surface area contributed by atoms with Gasteiger partial charge in [-0.3, -0.25) is 0 Å². The molecule has 110 valence electrons. The summed E-state index contributed by atoms with van der Waals surface area (Å²) in [4.78, 5) is 1.43. The van der Waals surface area contributed by atoms with Crippen LogP contribution in [0, 0.1) is 0 Å². The van der Waals surface area contributed by atoms with Gasteiger partial charge >= 0.3 is 0 Å². The van der Waals surface area contributed by atoms with Crippen LogP contribution in [0.5, 0.6) is 0 Å². The summed E-state index contributed by atoms with van der Waals surface area (Å²) in [5.74, 6) is 1.84. The van der Waals surface area contributed by atoms with Crippen LogP contribution < -0.4 is 5.32 Å². The van der Waals surface area contributed by atoms with Crippen molar-refractivity contribution in [2.45, 2.75) is 43.5 Å². The van der Waals surface area contributed by atoms with Gasteiger partial charge in [0.2, 0.25) is 0 Å². The van der Waals surface area contributed by atoms with Gasteiger partial charge < -0.3 is 5.32 Å². The normalized spacial score (nSPS) is 18.9. The van der Waals surface area contributed by atoms with E-state index >= 15 is 0 Å². The third-order valence-corrected chi connectivity index (χ3v) is 5.51. The van der Waals surface area contributed by atoms with Crippen molar-refractivity contribution >= 4 is 17.4 Å². The molecule has 0 radical (unpaired) electrons. The average Bonchev–Trinajstić information content (AvgIpc) is 2.55. The molecule has 1 heterocycles. The Morgan fingerprint density at radius 3 is 2.67 bits per heavy atom. The van der Waals surface area contributed by atoms with Crippen molar-refractivity contribution in [3.05, 3.63) is 59.7 Å². The molecule has 2 heteroatoms. The Hall–Kier alpha value is -1.41. The maximum Gasteiger partial charge on any atom is 0.0532 e. The molecule has 0 aliphatic carbocycles. The van der Waals surface area contributed by atoms with E-state index in [1.54, 1.807) is 0 Å². The second-order valence-corrected chi connectivity index (χ2v) is 6.94. The zero-order valence-electron chi connectivity index (χ0n) is 12.8. The van der Waals surface area contributed by atoms with Gasteiger partial charge in [0.15, 0.2) is 0 Å². The van der Waals surface area contributed by atoms with Crippen molar-refractivity contribution in [2.75, 3.05) is 11.1 Å². The molecule has 0 aromatic heterocycles. The standard InChI is InChI=1S/C19H23NS/c1-3-14(2)15-8-10-16(11-9-15)20-18-12-13-21-19-7-5-4-6-17(18)19/h4-11,14,18,20H,3,12-13H2,1-2H3. The molecule has 0 amide bonds. The summed E-state index contributed by atoms with van der Waals surface area (Å²) in [6, 6.07) is 18.2. The second kappa shape index (κ2) is 6.57. The highest BCUT2D eigenvalue weighted by atomic mass is 32.2. The smallest absolute Gasteiger partial charge is 0.0532 e. The molecule has 0 saturated heterocycles. The number of fused-ring (bicyclic) bond motifs is 1. The second-order valence-electron chi connectivity index (χ2n) is 5.80. The van der Waals surface area contributed by atoms with Gasteiger partial charge in [0.05, 0.1) is 6.04 Å². The van der Waals surface area contributed by atoms with Crippen molar-refractivity contribution in [3.63, 3.8) is 0 Å². The van der Waals surface area contributed by atoms with Gasteiger partial charge in [0, 0.05) is 16.3 Å². The van der Waals surface area contributed by atoms with Crippen LogP contribution in [-0.4, -0.2) is 5.75 Å². The van der Waals surface area contributed by atoms with Crippen molar-refractivity contribution in [3.8, 4) is 0 Å². The van der Waals surface area contributed by atoms with E-state index in [-0.39, 0.29) is 0 Å². The summed E-state index contributed by atoms with van der Waals surface area (Å²) in [6.07, 6.45) is 2.38. The number of anilines is 1. The highest BCUT2D eigenvalue weighted by Gasteiger charge is 2.19. The van der Waals surface area contributed by atoms with E-state index in [1.165, 1.54) is 40.3 Å². The first-order valence-corrected chi connectivity index (χ1v) is 8.84. The molecule has 2 atom stereocenters. The molecule has 0 saturated carbocycles. The first kappa shape index (κ1) is 14.5. The lowest BCUT2D eigenvalue weighted by molar-refractivity contribution is 0.725. The van der Waals surface area contributed by atoms with Gasteiger partial charge in [-0.25, -0.2) is 0 Å². The summed E-state index contributed by atoms with van der Waals surface area (Å²) in [7, 11) is 0. The molecule has 2 aromatic rings. The Bertz CT molecular complexity index is 591. The molecule has 2 unspecified atom stereocenters. The molecule has 3 rings (SSSR count). The minimum Gasteiger partial charge on any atom is -0.378 e. The van der Waals surface area contributed by atoms with Crippen molar-refractivity contribution in [1.29, 1.82) is 0 Å². The minimum atomic E-state index is 0.442. The SMILES string of the molecule is CCC(C)c1ccc(NC2CCSc3ccccc32)cc1. The van der Waals surface area contributed by atoms with E-state index in [4.69, 9.17) is 0 Å². The fourth-order valence-electron chi connectivity index (χ4n) is 2.84. The molecule has 2 aromatic carbocycles.